The van der Waals surface area contributed by atoms with Crippen molar-refractivity contribution in [1.82, 2.24) is 4.72 Å². The van der Waals surface area contributed by atoms with E-state index in [1.165, 1.54) is 13.1 Å². The van der Waals surface area contributed by atoms with Gasteiger partial charge in [0, 0.05) is 6.54 Å². The summed E-state index contributed by atoms with van der Waals surface area (Å²) in [7, 11) is -1.99. The van der Waals surface area contributed by atoms with Crippen LogP contribution in [0, 0.1) is 0 Å². The highest BCUT2D eigenvalue weighted by Gasteiger charge is 2.14. The van der Waals surface area contributed by atoms with Crippen molar-refractivity contribution in [1.29, 1.82) is 0 Å². The Labute approximate surface area is 77.8 Å². The molecule has 0 saturated heterocycles. The molecule has 5 heteroatoms. The van der Waals surface area contributed by atoms with Crippen LogP contribution in [0.3, 0.4) is 0 Å². The molecule has 0 aliphatic heterocycles. The lowest BCUT2D eigenvalue weighted by molar-refractivity contribution is 0.587. The van der Waals surface area contributed by atoms with Crippen LogP contribution in [-0.4, -0.2) is 15.5 Å². The van der Waals surface area contributed by atoms with Crippen molar-refractivity contribution in [2.45, 2.75) is 11.4 Å². The van der Waals surface area contributed by atoms with Crippen LogP contribution in [0.4, 0.5) is 0 Å². The average molecular weight is 200 g/mol. The molecule has 0 bridgehead atoms. The normalized spacial score (nSPS) is 11.5. The SMILES string of the molecule is CNS(=O)(=O)c1ccccc1CN. The van der Waals surface area contributed by atoms with Gasteiger partial charge >= 0.3 is 0 Å². The predicted molar refractivity (Wildman–Crippen MR) is 50.6 cm³/mol. The lowest BCUT2D eigenvalue weighted by Crippen LogP contribution is -2.20. The summed E-state index contributed by atoms with van der Waals surface area (Å²) in [6.07, 6.45) is 0. The molecule has 13 heavy (non-hydrogen) atoms. The van der Waals surface area contributed by atoms with Crippen LogP contribution in [0.1, 0.15) is 5.56 Å². The van der Waals surface area contributed by atoms with E-state index < -0.39 is 10.0 Å². The summed E-state index contributed by atoms with van der Waals surface area (Å²) in [5, 5.41) is 0. The van der Waals surface area contributed by atoms with Gasteiger partial charge in [0.05, 0.1) is 4.90 Å². The van der Waals surface area contributed by atoms with E-state index in [1.807, 2.05) is 0 Å². The number of hydrogen-bond acceptors (Lipinski definition) is 3. The standard InChI is InChI=1S/C8H12N2O2S/c1-10-13(11,12)8-5-3-2-4-7(8)6-9/h2-5,10H,6,9H2,1H3. The highest BCUT2D eigenvalue weighted by atomic mass is 32.2. The fourth-order valence-electron chi connectivity index (χ4n) is 1.04. The summed E-state index contributed by atoms with van der Waals surface area (Å²) in [6, 6.07) is 6.67. The number of sulfonamides is 1. The maximum absolute atomic E-state index is 11.4. The third-order valence-corrected chi connectivity index (χ3v) is 3.27. The Balaban J connectivity index is 3.29. The van der Waals surface area contributed by atoms with Gasteiger partial charge in [0.1, 0.15) is 0 Å². The third kappa shape index (κ3) is 2.06. The monoisotopic (exact) mass is 200 g/mol. The zero-order valence-corrected chi connectivity index (χ0v) is 8.14. The fourth-order valence-corrected chi connectivity index (χ4v) is 2.02. The van der Waals surface area contributed by atoms with Gasteiger partial charge < -0.3 is 5.73 Å². The number of nitrogens with two attached hydrogens (primary N) is 1. The number of nitrogens with one attached hydrogen (secondary N) is 1. The van der Waals surface area contributed by atoms with Gasteiger partial charge in [-0.15, -0.1) is 0 Å². The van der Waals surface area contributed by atoms with E-state index in [0.29, 0.717) is 5.56 Å². The molecule has 0 radical (unpaired) electrons. The third-order valence-electron chi connectivity index (χ3n) is 1.75. The minimum atomic E-state index is -3.37. The van der Waals surface area contributed by atoms with Crippen molar-refractivity contribution in [2.24, 2.45) is 5.73 Å². The van der Waals surface area contributed by atoms with Crippen molar-refractivity contribution in [3.05, 3.63) is 29.8 Å². The number of rotatable bonds is 3. The van der Waals surface area contributed by atoms with Crippen LogP contribution in [0.15, 0.2) is 29.2 Å². The summed E-state index contributed by atoms with van der Waals surface area (Å²) >= 11 is 0. The largest absolute Gasteiger partial charge is 0.326 e. The first kappa shape index (κ1) is 10.2. The second-order valence-electron chi connectivity index (χ2n) is 2.52. The van der Waals surface area contributed by atoms with E-state index in [0.717, 1.165) is 0 Å². The van der Waals surface area contributed by atoms with E-state index in [-0.39, 0.29) is 11.4 Å². The topological polar surface area (TPSA) is 72.2 Å². The number of benzene rings is 1. The van der Waals surface area contributed by atoms with Crippen molar-refractivity contribution >= 4 is 10.0 Å². The van der Waals surface area contributed by atoms with Gasteiger partial charge in [0.15, 0.2) is 0 Å². The average Bonchev–Trinajstić information content (AvgIpc) is 2.18. The van der Waals surface area contributed by atoms with E-state index in [4.69, 9.17) is 5.73 Å². The predicted octanol–water partition coefficient (Wildman–Crippen LogP) is 0.0534. The van der Waals surface area contributed by atoms with Crippen molar-refractivity contribution in [2.75, 3.05) is 7.05 Å². The summed E-state index contributed by atoms with van der Waals surface area (Å²) < 4.78 is 25.1. The molecule has 3 N–H and O–H groups in total. The van der Waals surface area contributed by atoms with Gasteiger partial charge in [-0.3, -0.25) is 0 Å². The van der Waals surface area contributed by atoms with Crippen molar-refractivity contribution in [3.63, 3.8) is 0 Å². The molecule has 0 aliphatic rings. The maximum Gasteiger partial charge on any atom is 0.240 e. The quantitative estimate of drug-likeness (QED) is 0.724. The first-order valence-corrected chi connectivity index (χ1v) is 5.31. The van der Waals surface area contributed by atoms with Gasteiger partial charge in [-0.25, -0.2) is 13.1 Å². The molecule has 0 saturated carbocycles. The van der Waals surface area contributed by atoms with Gasteiger partial charge in [-0.05, 0) is 18.7 Å². The lowest BCUT2D eigenvalue weighted by Gasteiger charge is -2.06. The van der Waals surface area contributed by atoms with E-state index in [2.05, 4.69) is 4.72 Å². The second-order valence-corrected chi connectivity index (χ2v) is 4.37. The molecule has 4 nitrogen and oxygen atoms in total. The van der Waals surface area contributed by atoms with E-state index in [9.17, 15) is 8.42 Å². The molecule has 0 fully saturated rings. The molecule has 0 amide bonds. The van der Waals surface area contributed by atoms with Crippen molar-refractivity contribution < 1.29 is 8.42 Å². The molecule has 0 heterocycles. The van der Waals surface area contributed by atoms with Crippen LogP contribution in [0.2, 0.25) is 0 Å². The van der Waals surface area contributed by atoms with Crippen LogP contribution in [-0.2, 0) is 16.6 Å². The number of hydrogen-bond donors (Lipinski definition) is 2. The zero-order valence-electron chi connectivity index (χ0n) is 7.32. The Bertz CT molecular complexity index is 387. The Morgan fingerprint density at radius 2 is 2.00 bits per heavy atom. The van der Waals surface area contributed by atoms with E-state index >= 15 is 0 Å². The van der Waals surface area contributed by atoms with Crippen LogP contribution < -0.4 is 10.5 Å². The van der Waals surface area contributed by atoms with Gasteiger partial charge in [0.2, 0.25) is 10.0 Å². The molecule has 72 valence electrons. The van der Waals surface area contributed by atoms with E-state index in [1.54, 1.807) is 18.2 Å². The molecule has 0 spiro atoms. The zero-order chi connectivity index (χ0) is 9.90. The molecule has 0 aromatic heterocycles. The molecule has 1 aromatic carbocycles. The first-order chi connectivity index (χ1) is 6.11. The highest BCUT2D eigenvalue weighted by Crippen LogP contribution is 2.13. The second kappa shape index (κ2) is 3.87. The van der Waals surface area contributed by atoms with Crippen LogP contribution in [0.5, 0.6) is 0 Å². The minimum Gasteiger partial charge on any atom is -0.326 e. The molecule has 0 atom stereocenters. The Hall–Kier alpha value is -0.910. The minimum absolute atomic E-state index is 0.219. The molecular formula is C8H12N2O2S. The van der Waals surface area contributed by atoms with Crippen molar-refractivity contribution in [3.8, 4) is 0 Å². The summed E-state index contributed by atoms with van der Waals surface area (Å²) in [6.45, 7) is 0.219. The Morgan fingerprint density at radius 1 is 1.38 bits per heavy atom. The van der Waals surface area contributed by atoms with Gasteiger partial charge in [-0.2, -0.15) is 0 Å². The maximum atomic E-state index is 11.4. The molecular weight excluding hydrogens is 188 g/mol. The summed E-state index contributed by atoms with van der Waals surface area (Å²) in [4.78, 5) is 0.250. The van der Waals surface area contributed by atoms with Gasteiger partial charge in [0.25, 0.3) is 0 Å². The lowest BCUT2D eigenvalue weighted by atomic mass is 10.2. The fraction of sp³-hybridized carbons (Fsp3) is 0.250. The molecule has 1 aromatic rings. The highest BCUT2D eigenvalue weighted by molar-refractivity contribution is 7.89. The molecule has 0 aliphatic carbocycles. The Morgan fingerprint density at radius 3 is 2.54 bits per heavy atom. The molecule has 1 rings (SSSR count). The summed E-state index contributed by atoms with van der Waals surface area (Å²) in [5.74, 6) is 0. The summed E-state index contributed by atoms with van der Waals surface area (Å²) in [5.41, 5.74) is 6.03. The van der Waals surface area contributed by atoms with Gasteiger partial charge in [-0.1, -0.05) is 18.2 Å². The van der Waals surface area contributed by atoms with Crippen LogP contribution >= 0.6 is 0 Å². The molecule has 0 unspecified atom stereocenters. The van der Waals surface area contributed by atoms with Crippen LogP contribution in [0.25, 0.3) is 0 Å². The Kier molecular flexibility index (Phi) is 3.02. The smallest absolute Gasteiger partial charge is 0.240 e. The first-order valence-electron chi connectivity index (χ1n) is 3.83.